The molecule has 3 aromatic heterocycles. The van der Waals surface area contributed by atoms with Crippen molar-refractivity contribution in [1.29, 1.82) is 0 Å². The smallest absolute Gasteiger partial charge is 0.262 e. The van der Waals surface area contributed by atoms with Gasteiger partial charge in [0.05, 0.1) is 17.1 Å². The molecule has 0 aliphatic rings. The van der Waals surface area contributed by atoms with Gasteiger partial charge < -0.3 is 9.51 Å². The fourth-order valence-electron chi connectivity index (χ4n) is 2.58. The van der Waals surface area contributed by atoms with Crippen LogP contribution in [-0.4, -0.2) is 29.9 Å². The molecule has 0 fully saturated rings. The third-order valence-corrected chi connectivity index (χ3v) is 5.00. The van der Waals surface area contributed by atoms with Crippen LogP contribution in [0, 0.1) is 0 Å². The Hall–Kier alpha value is -2.94. The van der Waals surface area contributed by atoms with Gasteiger partial charge >= 0.3 is 0 Å². The fourth-order valence-corrected chi connectivity index (χ4v) is 3.40. The van der Waals surface area contributed by atoms with E-state index in [2.05, 4.69) is 25.2 Å². The van der Waals surface area contributed by atoms with Gasteiger partial charge in [-0.25, -0.2) is 9.67 Å². The zero-order valence-corrected chi connectivity index (χ0v) is 15.9. The van der Waals surface area contributed by atoms with E-state index in [4.69, 9.17) is 4.52 Å². The molecule has 0 saturated heterocycles. The maximum Gasteiger partial charge on any atom is 0.262 e. The zero-order valence-electron chi connectivity index (χ0n) is 15.1. The van der Waals surface area contributed by atoms with Crippen LogP contribution in [0.2, 0.25) is 0 Å². The Kier molecular flexibility index (Phi) is 4.53. The van der Waals surface area contributed by atoms with Crippen LogP contribution in [0.4, 0.5) is 0 Å². The first-order chi connectivity index (χ1) is 13.0. The summed E-state index contributed by atoms with van der Waals surface area (Å²) < 4.78 is 6.99. The number of hydrogen-bond donors (Lipinski definition) is 1. The Balaban J connectivity index is 1.69. The zero-order chi connectivity index (χ0) is 19.0. The molecule has 1 N–H and O–H groups in total. The summed E-state index contributed by atoms with van der Waals surface area (Å²) in [6.07, 6.45) is 1.53. The Morgan fingerprint density at radius 1 is 1.15 bits per heavy atom. The Morgan fingerprint density at radius 3 is 2.63 bits per heavy atom. The summed E-state index contributed by atoms with van der Waals surface area (Å²) in [6, 6.07) is 9.58. The number of nitrogens with one attached hydrogen (secondary N) is 1. The van der Waals surface area contributed by atoms with Crippen LogP contribution < -0.4 is 5.56 Å². The maximum atomic E-state index is 12.4. The number of nitrogens with zero attached hydrogens (tertiary/aromatic N) is 5. The predicted octanol–water partition coefficient (Wildman–Crippen LogP) is 3.47. The van der Waals surface area contributed by atoms with Crippen molar-refractivity contribution in [2.45, 2.75) is 37.1 Å². The van der Waals surface area contributed by atoms with Crippen molar-refractivity contribution in [1.82, 2.24) is 29.9 Å². The van der Waals surface area contributed by atoms with Crippen molar-refractivity contribution >= 4 is 22.8 Å². The van der Waals surface area contributed by atoms with Gasteiger partial charge in [0, 0.05) is 5.92 Å². The van der Waals surface area contributed by atoms with Crippen molar-refractivity contribution in [2.24, 2.45) is 0 Å². The van der Waals surface area contributed by atoms with Crippen molar-refractivity contribution in [2.75, 3.05) is 0 Å². The third kappa shape index (κ3) is 3.37. The first-order valence-electron chi connectivity index (χ1n) is 8.56. The van der Waals surface area contributed by atoms with Crippen molar-refractivity contribution in [3.05, 3.63) is 58.6 Å². The van der Waals surface area contributed by atoms with E-state index in [1.807, 2.05) is 51.1 Å². The van der Waals surface area contributed by atoms with E-state index in [0.29, 0.717) is 27.9 Å². The minimum absolute atomic E-state index is 0.154. The molecule has 4 rings (SSSR count). The van der Waals surface area contributed by atoms with E-state index in [0.717, 1.165) is 5.69 Å². The summed E-state index contributed by atoms with van der Waals surface area (Å²) in [5, 5.41) is 9.06. The quantitative estimate of drug-likeness (QED) is 0.416. The van der Waals surface area contributed by atoms with Gasteiger partial charge in [0.2, 0.25) is 5.89 Å². The molecule has 4 aromatic rings. The predicted molar refractivity (Wildman–Crippen MR) is 102 cm³/mol. The SMILES string of the molecule is CC(C)c1noc([C@H](C)Sc2nc3c(cnn3-c3ccccc3)c(=O)[nH]2)n1. The molecule has 1 aromatic carbocycles. The van der Waals surface area contributed by atoms with E-state index in [9.17, 15) is 4.79 Å². The minimum atomic E-state index is -0.231. The summed E-state index contributed by atoms with van der Waals surface area (Å²) >= 11 is 1.35. The lowest BCUT2D eigenvalue weighted by Gasteiger charge is -2.07. The molecule has 0 radical (unpaired) electrons. The fraction of sp³-hybridized carbons (Fsp3) is 0.278. The molecule has 27 heavy (non-hydrogen) atoms. The summed E-state index contributed by atoms with van der Waals surface area (Å²) in [7, 11) is 0. The molecule has 0 bridgehead atoms. The van der Waals surface area contributed by atoms with Crippen LogP contribution in [0.25, 0.3) is 16.7 Å². The van der Waals surface area contributed by atoms with Gasteiger partial charge in [0.1, 0.15) is 5.39 Å². The van der Waals surface area contributed by atoms with Crippen LogP contribution >= 0.6 is 11.8 Å². The number of H-pyrrole nitrogens is 1. The minimum Gasteiger partial charge on any atom is -0.338 e. The summed E-state index contributed by atoms with van der Waals surface area (Å²) in [6.45, 7) is 5.94. The molecular formula is C18H18N6O2S. The third-order valence-electron chi connectivity index (χ3n) is 4.03. The van der Waals surface area contributed by atoms with Crippen molar-refractivity contribution in [3.63, 3.8) is 0 Å². The highest BCUT2D eigenvalue weighted by molar-refractivity contribution is 7.99. The lowest BCUT2D eigenvalue weighted by molar-refractivity contribution is 0.373. The summed E-state index contributed by atoms with van der Waals surface area (Å²) in [4.78, 5) is 24.2. The molecule has 0 aliphatic heterocycles. The molecule has 0 amide bonds. The molecule has 1 atom stereocenters. The van der Waals surface area contributed by atoms with Gasteiger partial charge in [0.15, 0.2) is 16.6 Å². The Bertz CT molecular complexity index is 1130. The van der Waals surface area contributed by atoms with E-state index in [1.54, 1.807) is 4.68 Å². The highest BCUT2D eigenvalue weighted by Gasteiger charge is 2.19. The van der Waals surface area contributed by atoms with Gasteiger partial charge in [0.25, 0.3) is 5.56 Å². The number of thioether (sulfide) groups is 1. The Morgan fingerprint density at radius 2 is 1.93 bits per heavy atom. The van der Waals surface area contributed by atoms with Gasteiger partial charge in [-0.1, -0.05) is 49.0 Å². The van der Waals surface area contributed by atoms with Crippen LogP contribution in [0.15, 0.2) is 51.0 Å². The number of rotatable bonds is 5. The van der Waals surface area contributed by atoms with Crippen LogP contribution in [-0.2, 0) is 0 Å². The van der Waals surface area contributed by atoms with Crippen molar-refractivity contribution in [3.8, 4) is 5.69 Å². The second-order valence-corrected chi connectivity index (χ2v) is 7.74. The molecule has 0 unspecified atom stereocenters. The monoisotopic (exact) mass is 382 g/mol. The highest BCUT2D eigenvalue weighted by atomic mass is 32.2. The summed E-state index contributed by atoms with van der Waals surface area (Å²) in [5.74, 6) is 1.36. The normalized spacial score (nSPS) is 12.7. The van der Waals surface area contributed by atoms with Gasteiger partial charge in [-0.3, -0.25) is 4.79 Å². The largest absolute Gasteiger partial charge is 0.338 e. The van der Waals surface area contributed by atoms with E-state index in [1.165, 1.54) is 18.0 Å². The standard InChI is InChI=1S/C18H18N6O2S/c1-10(2)14-20-17(26-23-14)11(3)27-18-21-15-13(16(25)22-18)9-19-24(15)12-7-5-4-6-8-12/h4-11H,1-3H3,(H,21,22,25)/t11-/m0/s1. The van der Waals surface area contributed by atoms with Gasteiger partial charge in [-0.2, -0.15) is 10.1 Å². The molecule has 0 saturated carbocycles. The lowest BCUT2D eigenvalue weighted by atomic mass is 10.2. The second-order valence-electron chi connectivity index (χ2n) is 6.41. The van der Waals surface area contributed by atoms with Crippen LogP contribution in [0.3, 0.4) is 0 Å². The highest BCUT2D eigenvalue weighted by Crippen LogP contribution is 2.32. The Labute approximate surface area is 159 Å². The number of hydrogen-bond acceptors (Lipinski definition) is 7. The molecule has 0 spiro atoms. The molecule has 138 valence electrons. The first kappa shape index (κ1) is 17.5. The average molecular weight is 382 g/mol. The van der Waals surface area contributed by atoms with Crippen LogP contribution in [0.5, 0.6) is 0 Å². The molecular weight excluding hydrogens is 364 g/mol. The second kappa shape index (κ2) is 6.99. The van der Waals surface area contributed by atoms with Crippen LogP contribution in [0.1, 0.15) is 43.7 Å². The molecule has 3 heterocycles. The number of aromatic amines is 1. The van der Waals surface area contributed by atoms with E-state index < -0.39 is 0 Å². The first-order valence-corrected chi connectivity index (χ1v) is 9.44. The lowest BCUT2D eigenvalue weighted by Crippen LogP contribution is -2.10. The molecule has 9 heteroatoms. The average Bonchev–Trinajstić information content (AvgIpc) is 3.30. The van der Waals surface area contributed by atoms with E-state index in [-0.39, 0.29) is 16.7 Å². The number of para-hydroxylation sites is 1. The topological polar surface area (TPSA) is 102 Å². The van der Waals surface area contributed by atoms with Gasteiger partial charge in [-0.05, 0) is 19.1 Å². The summed E-state index contributed by atoms with van der Waals surface area (Å²) in [5.41, 5.74) is 1.12. The number of aromatic nitrogens is 6. The maximum absolute atomic E-state index is 12.4. The number of benzene rings is 1. The van der Waals surface area contributed by atoms with E-state index >= 15 is 0 Å². The number of fused-ring (bicyclic) bond motifs is 1. The molecule has 0 aliphatic carbocycles. The molecule has 8 nitrogen and oxygen atoms in total. The van der Waals surface area contributed by atoms with Gasteiger partial charge in [-0.15, -0.1) is 0 Å². The van der Waals surface area contributed by atoms with Crippen molar-refractivity contribution < 1.29 is 4.52 Å².